The topological polar surface area (TPSA) is 54.7 Å². The van der Waals surface area contributed by atoms with Gasteiger partial charge in [-0.05, 0) is 45.2 Å². The summed E-state index contributed by atoms with van der Waals surface area (Å²) in [5.41, 5.74) is 0. The van der Waals surface area contributed by atoms with Crippen LogP contribution in [-0.4, -0.2) is 43.2 Å². The van der Waals surface area contributed by atoms with Crippen molar-refractivity contribution in [1.29, 1.82) is 0 Å². The molecular formula is C16H26N2O3. The van der Waals surface area contributed by atoms with Crippen LogP contribution in [0.3, 0.4) is 0 Å². The van der Waals surface area contributed by atoms with E-state index in [0.29, 0.717) is 25.2 Å². The van der Waals surface area contributed by atoms with E-state index in [1.807, 2.05) is 17.0 Å². The molecule has 1 amide bonds. The number of hydrogen-bond acceptors (Lipinski definition) is 4. The zero-order chi connectivity index (χ0) is 15.2. The first-order valence-corrected chi connectivity index (χ1v) is 7.70. The standard InChI is InChI=1S/C16H26N2O3/c1-12-6-4-7-13(2)18(12)16(19)10-17-14(11-20-3)15-8-5-9-21-15/h5,8-9,12-14,17H,4,6-7,10-11H2,1-3H3/t12-,13-,14+/m1/s1. The predicted octanol–water partition coefficient (Wildman–Crippen LogP) is 2.35. The molecule has 5 nitrogen and oxygen atoms in total. The number of ether oxygens (including phenoxy) is 1. The predicted molar refractivity (Wildman–Crippen MR) is 80.9 cm³/mol. The Hall–Kier alpha value is -1.33. The molecule has 118 valence electrons. The van der Waals surface area contributed by atoms with Crippen LogP contribution in [-0.2, 0) is 9.53 Å². The number of piperidine rings is 1. The van der Waals surface area contributed by atoms with Gasteiger partial charge in [0, 0.05) is 19.2 Å². The van der Waals surface area contributed by atoms with Gasteiger partial charge in [0.2, 0.25) is 5.91 Å². The Bertz CT molecular complexity index is 423. The summed E-state index contributed by atoms with van der Waals surface area (Å²) in [6.45, 7) is 5.05. The van der Waals surface area contributed by atoms with Gasteiger partial charge in [-0.2, -0.15) is 0 Å². The van der Waals surface area contributed by atoms with E-state index < -0.39 is 0 Å². The first-order valence-electron chi connectivity index (χ1n) is 7.70. The number of carbonyl (C=O) groups excluding carboxylic acids is 1. The fourth-order valence-corrected chi connectivity index (χ4v) is 3.11. The monoisotopic (exact) mass is 294 g/mol. The highest BCUT2D eigenvalue weighted by Crippen LogP contribution is 2.22. The van der Waals surface area contributed by atoms with E-state index in [9.17, 15) is 4.79 Å². The van der Waals surface area contributed by atoms with Crippen molar-refractivity contribution in [1.82, 2.24) is 10.2 Å². The highest BCUT2D eigenvalue weighted by Gasteiger charge is 2.29. The number of furan rings is 1. The Morgan fingerprint density at radius 1 is 1.48 bits per heavy atom. The second kappa shape index (κ2) is 7.61. The number of methoxy groups -OCH3 is 1. The summed E-state index contributed by atoms with van der Waals surface area (Å²) < 4.78 is 10.6. The van der Waals surface area contributed by atoms with Crippen LogP contribution in [0, 0.1) is 0 Å². The van der Waals surface area contributed by atoms with Crippen molar-refractivity contribution in [2.75, 3.05) is 20.3 Å². The largest absolute Gasteiger partial charge is 0.468 e. The number of carbonyl (C=O) groups is 1. The summed E-state index contributed by atoms with van der Waals surface area (Å²) in [6.07, 6.45) is 5.03. The van der Waals surface area contributed by atoms with Crippen LogP contribution < -0.4 is 5.32 Å². The third kappa shape index (κ3) is 4.08. The molecule has 1 saturated heterocycles. The summed E-state index contributed by atoms with van der Waals surface area (Å²) in [5.74, 6) is 0.951. The minimum Gasteiger partial charge on any atom is -0.468 e. The van der Waals surface area contributed by atoms with Gasteiger partial charge in [-0.25, -0.2) is 0 Å². The van der Waals surface area contributed by atoms with Gasteiger partial charge in [0.05, 0.1) is 25.5 Å². The molecule has 5 heteroatoms. The van der Waals surface area contributed by atoms with Crippen LogP contribution in [0.2, 0.25) is 0 Å². The van der Waals surface area contributed by atoms with Crippen LogP contribution in [0.1, 0.15) is 44.9 Å². The Kier molecular flexibility index (Phi) is 5.82. The van der Waals surface area contributed by atoms with Gasteiger partial charge in [-0.1, -0.05) is 0 Å². The molecule has 1 aromatic rings. The molecule has 2 rings (SSSR count). The van der Waals surface area contributed by atoms with Gasteiger partial charge in [0.25, 0.3) is 0 Å². The average Bonchev–Trinajstić information content (AvgIpc) is 2.97. The van der Waals surface area contributed by atoms with Crippen molar-refractivity contribution < 1.29 is 13.9 Å². The molecule has 21 heavy (non-hydrogen) atoms. The van der Waals surface area contributed by atoms with Crippen molar-refractivity contribution in [3.05, 3.63) is 24.2 Å². The molecule has 0 radical (unpaired) electrons. The lowest BCUT2D eigenvalue weighted by atomic mass is 9.97. The van der Waals surface area contributed by atoms with Crippen LogP contribution in [0.25, 0.3) is 0 Å². The van der Waals surface area contributed by atoms with Gasteiger partial charge in [0.15, 0.2) is 0 Å². The van der Waals surface area contributed by atoms with E-state index in [2.05, 4.69) is 19.2 Å². The van der Waals surface area contributed by atoms with Crippen LogP contribution in [0.4, 0.5) is 0 Å². The lowest BCUT2D eigenvalue weighted by Gasteiger charge is -2.39. The maximum absolute atomic E-state index is 12.5. The molecule has 1 N–H and O–H groups in total. The molecule has 3 atom stereocenters. The maximum Gasteiger partial charge on any atom is 0.237 e. The molecular weight excluding hydrogens is 268 g/mol. The van der Waals surface area contributed by atoms with Gasteiger partial charge < -0.3 is 14.1 Å². The minimum atomic E-state index is -0.0932. The molecule has 0 aromatic carbocycles. The van der Waals surface area contributed by atoms with Crippen molar-refractivity contribution in [3.63, 3.8) is 0 Å². The van der Waals surface area contributed by atoms with Crippen molar-refractivity contribution in [3.8, 4) is 0 Å². The van der Waals surface area contributed by atoms with Gasteiger partial charge in [-0.15, -0.1) is 0 Å². The molecule has 0 aliphatic carbocycles. The number of amides is 1. The zero-order valence-corrected chi connectivity index (χ0v) is 13.2. The second-order valence-electron chi connectivity index (χ2n) is 5.83. The van der Waals surface area contributed by atoms with E-state index >= 15 is 0 Å². The summed E-state index contributed by atoms with van der Waals surface area (Å²) in [4.78, 5) is 14.5. The highest BCUT2D eigenvalue weighted by atomic mass is 16.5. The second-order valence-corrected chi connectivity index (χ2v) is 5.83. The van der Waals surface area contributed by atoms with Crippen LogP contribution >= 0.6 is 0 Å². The molecule has 2 heterocycles. The number of likely N-dealkylation sites (tertiary alicyclic amines) is 1. The third-order valence-corrected chi connectivity index (χ3v) is 4.20. The van der Waals surface area contributed by atoms with E-state index in [-0.39, 0.29) is 11.9 Å². The van der Waals surface area contributed by atoms with Gasteiger partial charge in [-0.3, -0.25) is 10.1 Å². The van der Waals surface area contributed by atoms with Crippen molar-refractivity contribution in [2.24, 2.45) is 0 Å². The first kappa shape index (κ1) is 16.0. The molecule has 1 aliphatic heterocycles. The molecule has 1 aliphatic rings. The quantitative estimate of drug-likeness (QED) is 0.875. The third-order valence-electron chi connectivity index (χ3n) is 4.20. The minimum absolute atomic E-state index is 0.0932. The summed E-state index contributed by atoms with van der Waals surface area (Å²) >= 11 is 0. The fourth-order valence-electron chi connectivity index (χ4n) is 3.11. The van der Waals surface area contributed by atoms with Crippen LogP contribution in [0.15, 0.2) is 22.8 Å². The summed E-state index contributed by atoms with van der Waals surface area (Å²) in [5, 5.41) is 3.25. The van der Waals surface area contributed by atoms with Gasteiger partial charge >= 0.3 is 0 Å². The number of rotatable bonds is 6. The van der Waals surface area contributed by atoms with E-state index in [1.54, 1.807) is 13.4 Å². The SMILES string of the molecule is COC[C@H](NCC(=O)N1[C@H](C)CCC[C@H]1C)c1ccco1. The van der Waals surface area contributed by atoms with Crippen molar-refractivity contribution >= 4 is 5.91 Å². The maximum atomic E-state index is 12.5. The summed E-state index contributed by atoms with van der Waals surface area (Å²) in [7, 11) is 1.65. The fraction of sp³-hybridized carbons (Fsp3) is 0.688. The average molecular weight is 294 g/mol. The molecule has 1 aromatic heterocycles. The van der Waals surface area contributed by atoms with Crippen LogP contribution in [0.5, 0.6) is 0 Å². The van der Waals surface area contributed by atoms with E-state index in [0.717, 1.165) is 18.6 Å². The number of nitrogens with zero attached hydrogens (tertiary/aromatic N) is 1. The Labute approximate surface area is 126 Å². The van der Waals surface area contributed by atoms with E-state index in [1.165, 1.54) is 6.42 Å². The molecule has 0 unspecified atom stereocenters. The lowest BCUT2D eigenvalue weighted by molar-refractivity contribution is -0.136. The van der Waals surface area contributed by atoms with Gasteiger partial charge in [0.1, 0.15) is 5.76 Å². The number of hydrogen-bond donors (Lipinski definition) is 1. The number of nitrogens with one attached hydrogen (secondary N) is 1. The molecule has 1 fully saturated rings. The summed E-state index contributed by atoms with van der Waals surface area (Å²) in [6, 6.07) is 4.30. The smallest absolute Gasteiger partial charge is 0.237 e. The Morgan fingerprint density at radius 2 is 2.19 bits per heavy atom. The molecule has 0 bridgehead atoms. The molecule has 0 spiro atoms. The normalized spacial score (nSPS) is 24.0. The highest BCUT2D eigenvalue weighted by molar-refractivity contribution is 5.79. The first-order chi connectivity index (χ1) is 10.1. The Morgan fingerprint density at radius 3 is 2.76 bits per heavy atom. The van der Waals surface area contributed by atoms with Crippen molar-refractivity contribution in [2.45, 2.75) is 51.2 Å². The Balaban J connectivity index is 1.92. The zero-order valence-electron chi connectivity index (χ0n) is 13.2. The molecule has 0 saturated carbocycles. The van der Waals surface area contributed by atoms with E-state index in [4.69, 9.17) is 9.15 Å². The lowest BCUT2D eigenvalue weighted by Crippen LogP contribution is -2.50.